The number of benzene rings is 1. The molecular formula is C10H13ClFNO. The molecule has 1 rings (SSSR count). The lowest BCUT2D eigenvalue weighted by Gasteiger charge is -2.22. The van der Waals surface area contributed by atoms with Crippen LogP contribution in [-0.2, 0) is 0 Å². The summed E-state index contributed by atoms with van der Waals surface area (Å²) in [6.07, 6.45) is 0. The third-order valence-electron chi connectivity index (χ3n) is 2.11. The molecule has 0 saturated carbocycles. The van der Waals surface area contributed by atoms with Crippen molar-refractivity contribution in [1.82, 2.24) is 4.90 Å². The summed E-state index contributed by atoms with van der Waals surface area (Å²) in [6, 6.07) is 3.99. The summed E-state index contributed by atoms with van der Waals surface area (Å²) in [6.45, 7) is -0.135. The highest BCUT2D eigenvalue weighted by molar-refractivity contribution is 6.30. The minimum Gasteiger partial charge on any atom is -0.394 e. The highest BCUT2D eigenvalue weighted by Crippen LogP contribution is 2.24. The first kappa shape index (κ1) is 11.4. The predicted octanol–water partition coefficient (Wildman–Crippen LogP) is 2.07. The van der Waals surface area contributed by atoms with E-state index in [-0.39, 0.29) is 18.5 Å². The molecule has 1 unspecified atom stereocenters. The number of nitrogens with zero attached hydrogens (tertiary/aromatic N) is 1. The normalized spacial score (nSPS) is 13.3. The summed E-state index contributed by atoms with van der Waals surface area (Å²) in [7, 11) is 3.56. The van der Waals surface area contributed by atoms with Gasteiger partial charge in [-0.05, 0) is 32.3 Å². The minimum absolute atomic E-state index is 0.135. The Bertz CT molecular complexity index is 317. The van der Waals surface area contributed by atoms with E-state index in [0.717, 1.165) is 0 Å². The number of aliphatic hydroxyl groups is 1. The van der Waals surface area contributed by atoms with Crippen molar-refractivity contribution in [3.8, 4) is 0 Å². The molecule has 0 aliphatic rings. The van der Waals surface area contributed by atoms with Crippen LogP contribution in [0.3, 0.4) is 0 Å². The van der Waals surface area contributed by atoms with Crippen molar-refractivity contribution in [3.05, 3.63) is 34.6 Å². The van der Waals surface area contributed by atoms with E-state index in [1.807, 2.05) is 0 Å². The van der Waals surface area contributed by atoms with E-state index in [2.05, 4.69) is 0 Å². The Balaban J connectivity index is 3.08. The van der Waals surface area contributed by atoms with E-state index < -0.39 is 0 Å². The maximum Gasteiger partial charge on any atom is 0.128 e. The second kappa shape index (κ2) is 4.73. The second-order valence-corrected chi connectivity index (χ2v) is 3.76. The molecule has 0 spiro atoms. The van der Waals surface area contributed by atoms with Gasteiger partial charge in [-0.1, -0.05) is 11.6 Å². The number of hydrogen-bond donors (Lipinski definition) is 1. The molecule has 4 heteroatoms. The zero-order valence-electron chi connectivity index (χ0n) is 8.17. The van der Waals surface area contributed by atoms with Gasteiger partial charge in [0.25, 0.3) is 0 Å². The molecule has 1 aromatic rings. The minimum atomic E-state index is -0.353. The molecule has 14 heavy (non-hydrogen) atoms. The number of likely N-dealkylation sites (N-methyl/N-ethyl adjacent to an activating group) is 1. The summed E-state index contributed by atoms with van der Waals surface area (Å²) in [4.78, 5) is 1.74. The Hall–Kier alpha value is -0.640. The smallest absolute Gasteiger partial charge is 0.128 e. The standard InChI is InChI=1S/C10H13ClFNO/c1-13(2)10(6-14)8-5-7(11)3-4-9(8)12/h3-5,10,14H,6H2,1-2H3. The molecule has 0 bridgehead atoms. The molecule has 0 aliphatic carbocycles. The van der Waals surface area contributed by atoms with Crippen LogP contribution in [0.15, 0.2) is 18.2 Å². The van der Waals surface area contributed by atoms with Crippen LogP contribution in [0.4, 0.5) is 4.39 Å². The zero-order chi connectivity index (χ0) is 10.7. The lowest BCUT2D eigenvalue weighted by atomic mass is 10.1. The van der Waals surface area contributed by atoms with Crippen molar-refractivity contribution >= 4 is 11.6 Å². The van der Waals surface area contributed by atoms with Gasteiger partial charge in [0, 0.05) is 10.6 Å². The van der Waals surface area contributed by atoms with Crippen LogP contribution in [0.2, 0.25) is 5.02 Å². The molecule has 0 heterocycles. The average molecular weight is 218 g/mol. The monoisotopic (exact) mass is 217 g/mol. The fourth-order valence-corrected chi connectivity index (χ4v) is 1.49. The average Bonchev–Trinajstić information content (AvgIpc) is 2.11. The third-order valence-corrected chi connectivity index (χ3v) is 2.35. The molecule has 0 aromatic heterocycles. The third kappa shape index (κ3) is 2.44. The fourth-order valence-electron chi connectivity index (χ4n) is 1.31. The Morgan fingerprint density at radius 2 is 2.14 bits per heavy atom. The summed E-state index contributed by atoms with van der Waals surface area (Å²) in [5.74, 6) is -0.345. The molecule has 0 amide bonds. The lowest BCUT2D eigenvalue weighted by molar-refractivity contribution is 0.167. The first-order valence-electron chi connectivity index (χ1n) is 4.28. The first-order valence-corrected chi connectivity index (χ1v) is 4.66. The number of aliphatic hydroxyl groups excluding tert-OH is 1. The summed E-state index contributed by atoms with van der Waals surface area (Å²) < 4.78 is 13.4. The zero-order valence-corrected chi connectivity index (χ0v) is 8.92. The Kier molecular flexibility index (Phi) is 3.86. The molecular weight excluding hydrogens is 205 g/mol. The topological polar surface area (TPSA) is 23.5 Å². The fraction of sp³-hybridized carbons (Fsp3) is 0.400. The predicted molar refractivity (Wildman–Crippen MR) is 54.9 cm³/mol. The summed E-state index contributed by atoms with van der Waals surface area (Å²) >= 11 is 5.76. The number of rotatable bonds is 3. The largest absolute Gasteiger partial charge is 0.394 e. The van der Waals surface area contributed by atoms with Gasteiger partial charge in [-0.15, -0.1) is 0 Å². The second-order valence-electron chi connectivity index (χ2n) is 3.33. The maximum atomic E-state index is 13.4. The quantitative estimate of drug-likeness (QED) is 0.838. The van der Waals surface area contributed by atoms with Crippen molar-refractivity contribution in [1.29, 1.82) is 0 Å². The van der Waals surface area contributed by atoms with Gasteiger partial charge in [0.05, 0.1) is 12.6 Å². The molecule has 0 saturated heterocycles. The van der Waals surface area contributed by atoms with Crippen LogP contribution in [0.1, 0.15) is 11.6 Å². The van der Waals surface area contributed by atoms with Gasteiger partial charge < -0.3 is 10.0 Å². The van der Waals surface area contributed by atoms with Gasteiger partial charge in [0.15, 0.2) is 0 Å². The van der Waals surface area contributed by atoms with Crippen molar-refractivity contribution in [2.75, 3.05) is 20.7 Å². The molecule has 1 aromatic carbocycles. The van der Waals surface area contributed by atoms with Crippen LogP contribution >= 0.6 is 11.6 Å². The lowest BCUT2D eigenvalue weighted by Crippen LogP contribution is -2.24. The SMILES string of the molecule is CN(C)C(CO)c1cc(Cl)ccc1F. The summed E-state index contributed by atoms with van der Waals surface area (Å²) in [5, 5.41) is 9.59. The Morgan fingerprint density at radius 1 is 1.50 bits per heavy atom. The van der Waals surface area contributed by atoms with Gasteiger partial charge in [0.2, 0.25) is 0 Å². The van der Waals surface area contributed by atoms with E-state index in [4.69, 9.17) is 16.7 Å². The molecule has 78 valence electrons. The van der Waals surface area contributed by atoms with Gasteiger partial charge >= 0.3 is 0 Å². The van der Waals surface area contributed by atoms with Crippen LogP contribution in [0.5, 0.6) is 0 Å². The molecule has 0 radical (unpaired) electrons. The van der Waals surface area contributed by atoms with Crippen LogP contribution in [-0.4, -0.2) is 30.7 Å². The highest BCUT2D eigenvalue weighted by Gasteiger charge is 2.17. The van der Waals surface area contributed by atoms with E-state index in [1.165, 1.54) is 18.2 Å². The molecule has 2 nitrogen and oxygen atoms in total. The van der Waals surface area contributed by atoms with E-state index in [1.54, 1.807) is 19.0 Å². The summed E-state index contributed by atoms with van der Waals surface area (Å²) in [5.41, 5.74) is 0.421. The van der Waals surface area contributed by atoms with Crippen molar-refractivity contribution < 1.29 is 9.50 Å². The van der Waals surface area contributed by atoms with E-state index in [9.17, 15) is 4.39 Å². The van der Waals surface area contributed by atoms with Crippen molar-refractivity contribution in [2.24, 2.45) is 0 Å². The van der Waals surface area contributed by atoms with Crippen LogP contribution in [0.25, 0.3) is 0 Å². The number of halogens is 2. The van der Waals surface area contributed by atoms with Crippen LogP contribution in [0, 0.1) is 5.82 Å². The Morgan fingerprint density at radius 3 is 2.64 bits per heavy atom. The maximum absolute atomic E-state index is 13.4. The van der Waals surface area contributed by atoms with Gasteiger partial charge in [0.1, 0.15) is 5.82 Å². The van der Waals surface area contributed by atoms with Crippen molar-refractivity contribution in [3.63, 3.8) is 0 Å². The van der Waals surface area contributed by atoms with Gasteiger partial charge in [-0.25, -0.2) is 4.39 Å². The molecule has 0 fully saturated rings. The molecule has 0 aliphatic heterocycles. The highest BCUT2D eigenvalue weighted by atomic mass is 35.5. The van der Waals surface area contributed by atoms with Crippen LogP contribution < -0.4 is 0 Å². The van der Waals surface area contributed by atoms with Gasteiger partial charge in [-0.2, -0.15) is 0 Å². The Labute approximate surface area is 87.9 Å². The molecule has 1 atom stereocenters. The van der Waals surface area contributed by atoms with Crippen molar-refractivity contribution in [2.45, 2.75) is 6.04 Å². The molecule has 1 N–H and O–H groups in total. The first-order chi connectivity index (χ1) is 6.56. The van der Waals surface area contributed by atoms with E-state index >= 15 is 0 Å². The van der Waals surface area contributed by atoms with E-state index in [0.29, 0.717) is 10.6 Å². The van der Waals surface area contributed by atoms with Gasteiger partial charge in [-0.3, -0.25) is 0 Å². The number of hydrogen-bond acceptors (Lipinski definition) is 2.